The minimum Gasteiger partial charge on any atom is -0.454 e. The van der Waals surface area contributed by atoms with E-state index in [0.717, 1.165) is 5.56 Å². The Morgan fingerprint density at radius 1 is 1.16 bits per heavy atom. The number of rotatable bonds is 9. The van der Waals surface area contributed by atoms with E-state index in [9.17, 15) is 14.0 Å². The molecule has 1 aliphatic rings. The quantitative estimate of drug-likeness (QED) is 0.334. The Kier molecular flexibility index (Phi) is 7.59. The van der Waals surface area contributed by atoms with E-state index in [0.29, 0.717) is 22.9 Å². The fourth-order valence-electron chi connectivity index (χ4n) is 2.80. The summed E-state index contributed by atoms with van der Waals surface area (Å²) in [6.45, 7) is 0.876. The van der Waals surface area contributed by atoms with Crippen LogP contribution in [0.1, 0.15) is 18.9 Å². The summed E-state index contributed by atoms with van der Waals surface area (Å²) in [4.78, 5) is 30.6. The van der Waals surface area contributed by atoms with Crippen LogP contribution in [0.2, 0.25) is 0 Å². The van der Waals surface area contributed by atoms with Crippen molar-refractivity contribution in [2.24, 2.45) is 5.16 Å². The molecule has 2 aromatic rings. The van der Waals surface area contributed by atoms with Crippen LogP contribution in [0.4, 0.5) is 10.1 Å². The number of amides is 1. The number of nitrogens with zero attached hydrogens (tertiary/aromatic N) is 3. The first-order valence-corrected chi connectivity index (χ1v) is 9.63. The molecule has 10 heteroatoms. The van der Waals surface area contributed by atoms with Gasteiger partial charge >= 0.3 is 5.97 Å². The van der Waals surface area contributed by atoms with Gasteiger partial charge in [-0.3, -0.25) is 4.79 Å². The van der Waals surface area contributed by atoms with E-state index in [-0.39, 0.29) is 19.8 Å². The van der Waals surface area contributed by atoms with Gasteiger partial charge in [-0.05, 0) is 49.4 Å². The van der Waals surface area contributed by atoms with Gasteiger partial charge in [0, 0.05) is 17.8 Å². The topological polar surface area (TPSA) is 110 Å². The van der Waals surface area contributed by atoms with E-state index in [4.69, 9.17) is 24.3 Å². The van der Waals surface area contributed by atoms with Gasteiger partial charge in [-0.15, -0.1) is 0 Å². The van der Waals surface area contributed by atoms with Crippen molar-refractivity contribution in [2.45, 2.75) is 13.3 Å². The fraction of sp³-hybridized carbons (Fsp3) is 0.273. The number of halogens is 1. The third kappa shape index (κ3) is 5.95. The van der Waals surface area contributed by atoms with Crippen molar-refractivity contribution in [3.8, 4) is 17.6 Å². The molecule has 0 saturated heterocycles. The van der Waals surface area contributed by atoms with Crippen molar-refractivity contribution in [1.82, 2.24) is 0 Å². The van der Waals surface area contributed by atoms with Gasteiger partial charge in [0.25, 0.3) is 5.91 Å². The lowest BCUT2D eigenvalue weighted by atomic mass is 10.1. The number of benzene rings is 2. The Morgan fingerprint density at radius 2 is 1.91 bits per heavy atom. The van der Waals surface area contributed by atoms with Crippen LogP contribution in [0.25, 0.3) is 0 Å². The third-order valence-corrected chi connectivity index (χ3v) is 4.42. The number of fused-ring (bicyclic) bond motifs is 1. The number of carbonyl (C=O) groups excluding carboxylic acids is 2. The summed E-state index contributed by atoms with van der Waals surface area (Å²) in [6.07, 6.45) is 0.0635. The second-order valence-corrected chi connectivity index (χ2v) is 6.61. The zero-order chi connectivity index (χ0) is 22.9. The zero-order valence-corrected chi connectivity index (χ0v) is 17.2. The highest BCUT2D eigenvalue weighted by atomic mass is 19.1. The molecule has 0 bridgehead atoms. The second-order valence-electron chi connectivity index (χ2n) is 6.61. The van der Waals surface area contributed by atoms with Gasteiger partial charge in [-0.1, -0.05) is 5.16 Å². The molecule has 0 fully saturated rings. The van der Waals surface area contributed by atoms with Crippen LogP contribution >= 0.6 is 0 Å². The monoisotopic (exact) mass is 441 g/mol. The van der Waals surface area contributed by atoms with Gasteiger partial charge in [-0.2, -0.15) is 5.26 Å². The molecule has 2 aromatic carbocycles. The highest BCUT2D eigenvalue weighted by Gasteiger charge is 2.18. The van der Waals surface area contributed by atoms with Crippen LogP contribution in [0.3, 0.4) is 0 Å². The molecule has 3 rings (SSSR count). The highest BCUT2D eigenvalue weighted by molar-refractivity contribution is 5.99. The van der Waals surface area contributed by atoms with Gasteiger partial charge in [-0.25, -0.2) is 9.18 Å². The van der Waals surface area contributed by atoms with Crippen LogP contribution in [0.5, 0.6) is 11.5 Å². The number of hydrogen-bond donors (Lipinski definition) is 0. The summed E-state index contributed by atoms with van der Waals surface area (Å²) in [6, 6.07) is 12.4. The van der Waals surface area contributed by atoms with Crippen molar-refractivity contribution in [3.05, 3.63) is 53.8 Å². The van der Waals surface area contributed by atoms with Gasteiger partial charge in [0.05, 0.1) is 18.2 Å². The summed E-state index contributed by atoms with van der Waals surface area (Å²) in [5, 5.41) is 12.7. The van der Waals surface area contributed by atoms with Crippen molar-refractivity contribution in [3.63, 3.8) is 0 Å². The fourth-order valence-corrected chi connectivity index (χ4v) is 2.80. The Bertz CT molecular complexity index is 1050. The molecule has 1 aliphatic heterocycles. The molecule has 1 amide bonds. The predicted octanol–water partition coefficient (Wildman–Crippen LogP) is 2.79. The molecule has 0 saturated carbocycles. The number of nitriles is 1. The molecule has 0 atom stereocenters. The summed E-state index contributed by atoms with van der Waals surface area (Å²) in [5.41, 5.74) is 1.62. The smallest absolute Gasteiger partial charge is 0.347 e. The lowest BCUT2D eigenvalue weighted by Crippen LogP contribution is -2.35. The number of esters is 1. The number of carbonyl (C=O) groups is 2. The third-order valence-electron chi connectivity index (χ3n) is 4.42. The Hall–Kier alpha value is -4.13. The Balaban J connectivity index is 1.49. The Labute approximate surface area is 183 Å². The maximum Gasteiger partial charge on any atom is 0.347 e. The van der Waals surface area contributed by atoms with E-state index < -0.39 is 30.9 Å². The molecule has 32 heavy (non-hydrogen) atoms. The maximum atomic E-state index is 13.1. The van der Waals surface area contributed by atoms with Gasteiger partial charge in [0.1, 0.15) is 5.82 Å². The first-order chi connectivity index (χ1) is 15.5. The molecular weight excluding hydrogens is 421 g/mol. The summed E-state index contributed by atoms with van der Waals surface area (Å²) in [5.74, 6) is -0.570. The largest absolute Gasteiger partial charge is 0.454 e. The summed E-state index contributed by atoms with van der Waals surface area (Å²) >= 11 is 0. The van der Waals surface area contributed by atoms with Crippen molar-refractivity contribution < 1.29 is 33.0 Å². The molecular formula is C22H20FN3O6. The van der Waals surface area contributed by atoms with Crippen molar-refractivity contribution >= 4 is 23.3 Å². The lowest BCUT2D eigenvalue weighted by molar-refractivity contribution is -0.152. The molecule has 0 spiro atoms. The standard InChI is InChI=1S/C22H20FN3O6/c1-15(16-3-8-19-20(11-16)31-14-30-19)25-32-13-22(28)29-12-21(27)26(10-2-9-24)18-6-4-17(23)5-7-18/h3-8,11H,2,10,12-14H2,1H3/b25-15+. The average Bonchev–Trinajstić information content (AvgIpc) is 3.27. The SMILES string of the molecule is C/C(=N\OCC(=O)OCC(=O)N(CCC#N)c1ccc(F)cc1)c1ccc2c(c1)OCO2. The molecule has 166 valence electrons. The van der Waals surface area contributed by atoms with Crippen molar-refractivity contribution in [2.75, 3.05) is 31.5 Å². The van der Waals surface area contributed by atoms with Crippen LogP contribution < -0.4 is 14.4 Å². The van der Waals surface area contributed by atoms with E-state index in [1.807, 2.05) is 6.07 Å². The minimum absolute atomic E-state index is 0.0635. The van der Waals surface area contributed by atoms with Crippen LogP contribution in [0.15, 0.2) is 47.6 Å². The highest BCUT2D eigenvalue weighted by Crippen LogP contribution is 2.32. The number of ether oxygens (including phenoxy) is 3. The van der Waals surface area contributed by atoms with E-state index >= 15 is 0 Å². The minimum atomic E-state index is -0.792. The zero-order valence-electron chi connectivity index (χ0n) is 17.2. The van der Waals surface area contributed by atoms with Gasteiger partial charge in [0.15, 0.2) is 18.1 Å². The normalized spacial score (nSPS) is 12.1. The van der Waals surface area contributed by atoms with E-state index in [2.05, 4.69) is 5.16 Å². The first-order valence-electron chi connectivity index (χ1n) is 9.63. The second kappa shape index (κ2) is 10.8. The molecule has 0 radical (unpaired) electrons. The van der Waals surface area contributed by atoms with E-state index in [1.165, 1.54) is 29.2 Å². The maximum absolute atomic E-state index is 13.1. The predicted molar refractivity (Wildman–Crippen MR) is 111 cm³/mol. The molecule has 0 unspecified atom stereocenters. The summed E-state index contributed by atoms with van der Waals surface area (Å²) < 4.78 is 28.6. The van der Waals surface area contributed by atoms with Crippen LogP contribution in [-0.2, 0) is 19.2 Å². The number of hydrogen-bond acceptors (Lipinski definition) is 8. The molecule has 1 heterocycles. The van der Waals surface area contributed by atoms with Crippen LogP contribution in [0, 0.1) is 17.1 Å². The molecule has 0 aliphatic carbocycles. The van der Waals surface area contributed by atoms with Gasteiger partial charge < -0.3 is 23.9 Å². The summed E-state index contributed by atoms with van der Waals surface area (Å²) in [7, 11) is 0. The van der Waals surface area contributed by atoms with Gasteiger partial charge in [0.2, 0.25) is 13.4 Å². The lowest BCUT2D eigenvalue weighted by Gasteiger charge is -2.21. The molecule has 9 nitrogen and oxygen atoms in total. The number of oxime groups is 1. The van der Waals surface area contributed by atoms with Crippen LogP contribution in [-0.4, -0.2) is 44.1 Å². The van der Waals surface area contributed by atoms with Crippen molar-refractivity contribution in [1.29, 1.82) is 5.26 Å². The Morgan fingerprint density at radius 3 is 2.66 bits per heavy atom. The molecule has 0 aromatic heterocycles. The number of anilines is 1. The first kappa shape index (κ1) is 22.6. The molecule has 0 N–H and O–H groups in total. The average molecular weight is 441 g/mol. The van der Waals surface area contributed by atoms with E-state index in [1.54, 1.807) is 25.1 Å².